The number of thioether (sulfide) groups is 1. The molecule has 0 saturated carbocycles. The quantitative estimate of drug-likeness (QED) is 0.473. The fraction of sp³-hybridized carbons (Fsp3) is 0.200. The van der Waals surface area contributed by atoms with E-state index in [0.29, 0.717) is 11.5 Å². The van der Waals surface area contributed by atoms with Crippen LogP contribution in [0, 0.1) is 6.92 Å². The van der Waals surface area contributed by atoms with Gasteiger partial charge in [0, 0.05) is 11.1 Å². The Morgan fingerprint density at radius 3 is 2.38 bits per heavy atom. The van der Waals surface area contributed by atoms with Crippen LogP contribution in [0.5, 0.6) is 5.75 Å². The maximum Gasteiger partial charge on any atom is 0.277 e. The molecule has 0 unspecified atom stereocenters. The van der Waals surface area contributed by atoms with Gasteiger partial charge < -0.3 is 9.15 Å². The predicted molar refractivity (Wildman–Crippen MR) is 108 cm³/mol. The van der Waals surface area contributed by atoms with Gasteiger partial charge in [-0.25, -0.2) is 0 Å². The lowest BCUT2D eigenvalue weighted by atomic mass is 10.1. The largest absolute Gasteiger partial charge is 0.497 e. The van der Waals surface area contributed by atoms with Gasteiger partial charge in [-0.1, -0.05) is 29.5 Å². The minimum absolute atomic E-state index is 0.253. The number of hydrogen-bond acceptors (Lipinski definition) is 7. The van der Waals surface area contributed by atoms with Crippen LogP contribution in [0.15, 0.2) is 58.2 Å². The molecule has 3 aromatic rings. The maximum absolute atomic E-state index is 12.2. The third kappa shape index (κ3) is 5.35. The molecular formula is C20H20N4O4S. The average molecular weight is 412 g/mol. The van der Waals surface area contributed by atoms with Gasteiger partial charge in [-0.15, -0.1) is 10.2 Å². The van der Waals surface area contributed by atoms with E-state index < -0.39 is 11.2 Å². The highest BCUT2D eigenvalue weighted by Crippen LogP contribution is 2.27. The van der Waals surface area contributed by atoms with Gasteiger partial charge in [0.15, 0.2) is 0 Å². The number of benzene rings is 2. The molecule has 9 heteroatoms. The first-order valence-corrected chi connectivity index (χ1v) is 9.65. The monoisotopic (exact) mass is 412 g/mol. The number of hydrogen-bond donors (Lipinski definition) is 2. The molecule has 0 bridgehead atoms. The van der Waals surface area contributed by atoms with E-state index in [2.05, 4.69) is 21.0 Å². The zero-order chi connectivity index (χ0) is 20.8. The van der Waals surface area contributed by atoms with Crippen molar-refractivity contribution in [1.29, 1.82) is 0 Å². The Morgan fingerprint density at radius 2 is 1.72 bits per heavy atom. The lowest BCUT2D eigenvalue weighted by Crippen LogP contribution is -2.44. The molecule has 2 N–H and O–H groups in total. The van der Waals surface area contributed by atoms with E-state index in [0.717, 1.165) is 28.6 Å². The van der Waals surface area contributed by atoms with E-state index in [1.807, 2.05) is 19.1 Å². The van der Waals surface area contributed by atoms with Crippen LogP contribution in [0.2, 0.25) is 0 Å². The van der Waals surface area contributed by atoms with Crippen LogP contribution in [0.3, 0.4) is 0 Å². The average Bonchev–Trinajstić information content (AvgIpc) is 3.20. The molecule has 1 heterocycles. The second-order valence-corrected chi connectivity index (χ2v) is 7.46. The molecule has 0 fully saturated rings. The van der Waals surface area contributed by atoms with Crippen molar-refractivity contribution in [3.8, 4) is 17.2 Å². The Bertz CT molecular complexity index is 986. The van der Waals surface area contributed by atoms with Crippen molar-refractivity contribution in [3.63, 3.8) is 0 Å². The Morgan fingerprint density at radius 1 is 1.03 bits per heavy atom. The third-order valence-corrected chi connectivity index (χ3v) is 4.94. The highest BCUT2D eigenvalue weighted by Gasteiger charge is 2.19. The van der Waals surface area contributed by atoms with Gasteiger partial charge in [-0.05, 0) is 50.2 Å². The lowest BCUT2D eigenvalue weighted by Gasteiger charge is -2.11. The first-order chi connectivity index (χ1) is 14.0. The summed E-state index contributed by atoms with van der Waals surface area (Å²) in [6.07, 6.45) is 0. The SMILES string of the molecule is COc1ccc(-c2nnc(S[C@@H](C)C(=O)NNC(=O)c3ccc(C)cc3)o2)cc1. The summed E-state index contributed by atoms with van der Waals surface area (Å²) in [7, 11) is 1.59. The molecule has 29 heavy (non-hydrogen) atoms. The van der Waals surface area contributed by atoms with Gasteiger partial charge in [0.1, 0.15) is 5.75 Å². The number of carbonyl (C=O) groups excluding carboxylic acids is 2. The molecule has 2 amide bonds. The van der Waals surface area contributed by atoms with Crippen molar-refractivity contribution >= 4 is 23.6 Å². The molecule has 150 valence electrons. The number of ether oxygens (including phenoxy) is 1. The Kier molecular flexibility index (Phi) is 6.50. The number of methoxy groups -OCH3 is 1. The number of hydrazine groups is 1. The molecule has 0 aliphatic rings. The van der Waals surface area contributed by atoms with Crippen LogP contribution >= 0.6 is 11.8 Å². The summed E-state index contributed by atoms with van der Waals surface area (Å²) in [5, 5.41) is 7.65. The normalized spacial score (nSPS) is 11.6. The molecule has 0 spiro atoms. The lowest BCUT2D eigenvalue weighted by molar-refractivity contribution is -0.121. The Labute approximate surface area is 172 Å². The third-order valence-electron chi connectivity index (χ3n) is 4.00. The number of carbonyl (C=O) groups is 2. The zero-order valence-corrected chi connectivity index (χ0v) is 16.9. The second kappa shape index (κ2) is 9.24. The van der Waals surface area contributed by atoms with Crippen LogP contribution in [-0.2, 0) is 4.79 Å². The van der Waals surface area contributed by atoms with E-state index in [1.165, 1.54) is 0 Å². The second-order valence-electron chi connectivity index (χ2n) is 6.17. The number of nitrogens with one attached hydrogen (secondary N) is 2. The minimum atomic E-state index is -0.558. The fourth-order valence-corrected chi connectivity index (χ4v) is 2.99. The summed E-state index contributed by atoms with van der Waals surface area (Å²) in [5.74, 6) is 0.283. The van der Waals surface area contributed by atoms with Crippen LogP contribution < -0.4 is 15.6 Å². The molecule has 2 aromatic carbocycles. The molecular weight excluding hydrogens is 392 g/mol. The highest BCUT2D eigenvalue weighted by molar-refractivity contribution is 8.00. The summed E-state index contributed by atoms with van der Waals surface area (Å²) in [6, 6.07) is 14.2. The van der Waals surface area contributed by atoms with Gasteiger partial charge in [-0.3, -0.25) is 20.4 Å². The molecule has 0 radical (unpaired) electrons. The fourth-order valence-electron chi connectivity index (χ4n) is 2.31. The standard InChI is InChI=1S/C20H20N4O4S/c1-12-4-6-14(7-5-12)18(26)22-21-17(25)13(2)29-20-24-23-19(28-20)15-8-10-16(27-3)11-9-15/h4-11,13H,1-3H3,(H,21,25)(H,22,26)/t13-/m0/s1. The Hall–Kier alpha value is -3.33. The summed E-state index contributed by atoms with van der Waals surface area (Å²) >= 11 is 1.10. The topological polar surface area (TPSA) is 106 Å². The molecule has 8 nitrogen and oxygen atoms in total. The van der Waals surface area contributed by atoms with Crippen LogP contribution in [0.25, 0.3) is 11.5 Å². The summed E-state index contributed by atoms with van der Waals surface area (Å²) in [4.78, 5) is 24.3. The Balaban J connectivity index is 1.53. The summed E-state index contributed by atoms with van der Waals surface area (Å²) < 4.78 is 10.7. The molecule has 0 saturated heterocycles. The van der Waals surface area contributed by atoms with Crippen LogP contribution in [-0.4, -0.2) is 34.4 Å². The van der Waals surface area contributed by atoms with E-state index in [1.54, 1.807) is 50.4 Å². The highest BCUT2D eigenvalue weighted by atomic mass is 32.2. The molecule has 0 aliphatic heterocycles. The van der Waals surface area contributed by atoms with Gasteiger partial charge in [0.05, 0.1) is 12.4 Å². The van der Waals surface area contributed by atoms with E-state index >= 15 is 0 Å². The number of rotatable bonds is 6. The van der Waals surface area contributed by atoms with Crippen molar-refractivity contribution in [2.24, 2.45) is 0 Å². The van der Waals surface area contributed by atoms with Gasteiger partial charge in [0.2, 0.25) is 5.89 Å². The number of aromatic nitrogens is 2. The number of nitrogens with zero attached hydrogens (tertiary/aromatic N) is 2. The van der Waals surface area contributed by atoms with Crippen molar-refractivity contribution in [1.82, 2.24) is 21.0 Å². The van der Waals surface area contributed by atoms with E-state index in [9.17, 15) is 9.59 Å². The number of amides is 2. The molecule has 0 aliphatic carbocycles. The van der Waals surface area contributed by atoms with Crippen LogP contribution in [0.1, 0.15) is 22.8 Å². The van der Waals surface area contributed by atoms with Crippen molar-refractivity contribution in [2.45, 2.75) is 24.3 Å². The molecule has 3 rings (SSSR count). The maximum atomic E-state index is 12.2. The zero-order valence-electron chi connectivity index (χ0n) is 16.1. The minimum Gasteiger partial charge on any atom is -0.497 e. The molecule has 1 atom stereocenters. The summed E-state index contributed by atoms with van der Waals surface area (Å²) in [5.41, 5.74) is 7.04. The first kappa shape index (κ1) is 20.4. The first-order valence-electron chi connectivity index (χ1n) is 8.77. The van der Waals surface area contributed by atoms with Gasteiger partial charge >= 0.3 is 0 Å². The van der Waals surface area contributed by atoms with E-state index in [-0.39, 0.29) is 11.1 Å². The van der Waals surface area contributed by atoms with Crippen molar-refractivity contribution in [2.75, 3.05) is 7.11 Å². The molecule has 1 aromatic heterocycles. The number of aryl methyl sites for hydroxylation is 1. The van der Waals surface area contributed by atoms with Gasteiger partial charge in [0.25, 0.3) is 17.0 Å². The summed E-state index contributed by atoms with van der Waals surface area (Å²) in [6.45, 7) is 3.61. The van der Waals surface area contributed by atoms with Crippen molar-refractivity contribution in [3.05, 3.63) is 59.7 Å². The smallest absolute Gasteiger partial charge is 0.277 e. The predicted octanol–water partition coefficient (Wildman–Crippen LogP) is 3.00. The van der Waals surface area contributed by atoms with Gasteiger partial charge in [-0.2, -0.15) is 0 Å². The van der Waals surface area contributed by atoms with Crippen molar-refractivity contribution < 1.29 is 18.7 Å². The van der Waals surface area contributed by atoms with Crippen LogP contribution in [0.4, 0.5) is 0 Å². The van der Waals surface area contributed by atoms with E-state index in [4.69, 9.17) is 9.15 Å².